The topological polar surface area (TPSA) is 93.8 Å². The van der Waals surface area contributed by atoms with Crippen LogP contribution in [0.1, 0.15) is 44.6 Å². The quantitative estimate of drug-likeness (QED) is 0.900. The molecule has 2 aromatic rings. The molecule has 0 aliphatic carbocycles. The fourth-order valence-electron chi connectivity index (χ4n) is 2.18. The number of carbonyl (C=O) groups is 1. The predicted octanol–water partition coefficient (Wildman–Crippen LogP) is 1.72. The highest BCUT2D eigenvalue weighted by molar-refractivity contribution is 5.67. The molecule has 1 unspecified atom stereocenters. The van der Waals surface area contributed by atoms with Crippen molar-refractivity contribution in [1.82, 2.24) is 25.2 Å². The number of nitrogens with zero attached hydrogens (tertiary/aromatic N) is 5. The maximum Gasteiger partial charge on any atom is 0.305 e. The second-order valence-electron chi connectivity index (χ2n) is 6.06. The molecule has 0 fully saturated rings. The first kappa shape index (κ1) is 15.1. The fourth-order valence-corrected chi connectivity index (χ4v) is 2.18. The van der Waals surface area contributed by atoms with Crippen molar-refractivity contribution in [3.05, 3.63) is 35.9 Å². The second kappa shape index (κ2) is 5.99. The van der Waals surface area contributed by atoms with Crippen LogP contribution in [0.25, 0.3) is 0 Å². The number of tetrazole rings is 1. The Bertz CT molecular complexity index is 603. The largest absolute Gasteiger partial charge is 0.481 e. The van der Waals surface area contributed by atoms with E-state index in [-0.39, 0.29) is 17.9 Å². The van der Waals surface area contributed by atoms with Crippen LogP contribution in [0.2, 0.25) is 0 Å². The van der Waals surface area contributed by atoms with E-state index in [0.29, 0.717) is 12.2 Å². The monoisotopic (exact) mass is 289 g/mol. The molecular weight excluding hydrogens is 270 g/mol. The van der Waals surface area contributed by atoms with Gasteiger partial charge in [-0.05, 0) is 27.5 Å². The summed E-state index contributed by atoms with van der Waals surface area (Å²) in [6, 6.07) is 3.48. The molecule has 1 N–H and O–H groups in total. The number of aromatic nitrogens is 5. The summed E-state index contributed by atoms with van der Waals surface area (Å²) < 4.78 is 1.63. The molecule has 0 radical (unpaired) electrons. The zero-order chi connectivity index (χ0) is 15.5. The zero-order valence-electron chi connectivity index (χ0n) is 12.4. The van der Waals surface area contributed by atoms with E-state index in [1.807, 2.05) is 32.9 Å². The van der Waals surface area contributed by atoms with Gasteiger partial charge in [0.2, 0.25) is 0 Å². The minimum atomic E-state index is -0.863. The molecule has 0 saturated heterocycles. The van der Waals surface area contributed by atoms with Crippen LogP contribution in [0.5, 0.6) is 0 Å². The van der Waals surface area contributed by atoms with Crippen LogP contribution in [-0.2, 0) is 11.2 Å². The van der Waals surface area contributed by atoms with Gasteiger partial charge in [0, 0.05) is 18.8 Å². The average Bonchev–Trinajstić information content (AvgIpc) is 2.83. The maximum absolute atomic E-state index is 11.1. The van der Waals surface area contributed by atoms with Crippen molar-refractivity contribution in [3.8, 4) is 0 Å². The van der Waals surface area contributed by atoms with E-state index in [1.54, 1.807) is 17.1 Å². The number of aliphatic carboxylic acids is 1. The van der Waals surface area contributed by atoms with Gasteiger partial charge < -0.3 is 5.11 Å². The molecule has 7 heteroatoms. The third-order valence-corrected chi connectivity index (χ3v) is 3.31. The molecule has 21 heavy (non-hydrogen) atoms. The van der Waals surface area contributed by atoms with Gasteiger partial charge in [0.15, 0.2) is 5.82 Å². The minimum Gasteiger partial charge on any atom is -0.481 e. The van der Waals surface area contributed by atoms with Gasteiger partial charge in [-0.25, -0.2) is 4.68 Å². The van der Waals surface area contributed by atoms with Crippen LogP contribution in [-0.4, -0.2) is 36.3 Å². The first-order valence-electron chi connectivity index (χ1n) is 6.75. The third-order valence-electron chi connectivity index (χ3n) is 3.31. The Morgan fingerprint density at radius 2 is 2.19 bits per heavy atom. The first-order valence-corrected chi connectivity index (χ1v) is 6.75. The van der Waals surface area contributed by atoms with Gasteiger partial charge in [0.25, 0.3) is 0 Å². The van der Waals surface area contributed by atoms with Gasteiger partial charge in [-0.2, -0.15) is 0 Å². The molecule has 0 aromatic carbocycles. The van der Waals surface area contributed by atoms with Gasteiger partial charge in [-0.3, -0.25) is 9.78 Å². The van der Waals surface area contributed by atoms with Crippen molar-refractivity contribution < 1.29 is 9.90 Å². The number of hydrogen-bond donors (Lipinski definition) is 1. The van der Waals surface area contributed by atoms with E-state index in [9.17, 15) is 4.79 Å². The molecular formula is C14H19N5O2. The molecule has 0 bridgehead atoms. The van der Waals surface area contributed by atoms with Crippen molar-refractivity contribution in [2.45, 2.75) is 39.7 Å². The second-order valence-corrected chi connectivity index (χ2v) is 6.06. The molecule has 112 valence electrons. The molecule has 0 amide bonds. The number of carboxylic acids is 1. The number of rotatable bonds is 5. The maximum atomic E-state index is 11.1. The normalized spacial score (nSPS) is 13.1. The highest BCUT2D eigenvalue weighted by atomic mass is 16.4. The summed E-state index contributed by atoms with van der Waals surface area (Å²) in [6.07, 6.45) is 3.96. The lowest BCUT2D eigenvalue weighted by molar-refractivity contribution is -0.138. The molecule has 0 saturated carbocycles. The molecule has 0 spiro atoms. The van der Waals surface area contributed by atoms with Crippen molar-refractivity contribution in [3.63, 3.8) is 0 Å². The summed E-state index contributed by atoms with van der Waals surface area (Å²) in [7, 11) is 0. The summed E-state index contributed by atoms with van der Waals surface area (Å²) in [5.41, 5.74) is 0.716. The van der Waals surface area contributed by atoms with Gasteiger partial charge >= 0.3 is 5.97 Å². The van der Waals surface area contributed by atoms with Crippen LogP contribution in [0.15, 0.2) is 24.5 Å². The van der Waals surface area contributed by atoms with Gasteiger partial charge in [0.1, 0.15) is 0 Å². The van der Waals surface area contributed by atoms with Crippen molar-refractivity contribution in [2.75, 3.05) is 0 Å². The van der Waals surface area contributed by atoms with Crippen molar-refractivity contribution in [2.24, 2.45) is 5.41 Å². The molecule has 0 aliphatic heterocycles. The van der Waals surface area contributed by atoms with E-state index in [2.05, 4.69) is 20.5 Å². The Morgan fingerprint density at radius 3 is 2.76 bits per heavy atom. The van der Waals surface area contributed by atoms with Crippen molar-refractivity contribution in [1.29, 1.82) is 0 Å². The SMILES string of the molecule is CC(C)(C)C(CC(=O)O)n1nnnc1Cc1cccnc1. The van der Waals surface area contributed by atoms with E-state index in [4.69, 9.17) is 5.11 Å². The molecule has 7 nitrogen and oxygen atoms in total. The van der Waals surface area contributed by atoms with E-state index >= 15 is 0 Å². The Labute approximate surface area is 123 Å². The van der Waals surface area contributed by atoms with Crippen LogP contribution < -0.4 is 0 Å². The summed E-state index contributed by atoms with van der Waals surface area (Å²) in [6.45, 7) is 5.95. The third kappa shape index (κ3) is 3.84. The molecule has 2 aromatic heterocycles. The van der Waals surface area contributed by atoms with Gasteiger partial charge in [0.05, 0.1) is 12.5 Å². The van der Waals surface area contributed by atoms with Crippen LogP contribution in [0, 0.1) is 5.41 Å². The van der Waals surface area contributed by atoms with E-state index in [0.717, 1.165) is 5.56 Å². The van der Waals surface area contributed by atoms with Crippen LogP contribution >= 0.6 is 0 Å². The highest BCUT2D eigenvalue weighted by Gasteiger charge is 2.31. The summed E-state index contributed by atoms with van der Waals surface area (Å²) in [5.74, 6) is -0.220. The van der Waals surface area contributed by atoms with Gasteiger partial charge in [-0.1, -0.05) is 26.8 Å². The Hall–Kier alpha value is -2.31. The summed E-state index contributed by atoms with van der Waals surface area (Å²) >= 11 is 0. The van der Waals surface area contributed by atoms with E-state index < -0.39 is 5.97 Å². The van der Waals surface area contributed by atoms with Crippen molar-refractivity contribution >= 4 is 5.97 Å². The predicted molar refractivity (Wildman–Crippen MR) is 75.6 cm³/mol. The number of carboxylic acid groups (broad SMARTS) is 1. The lowest BCUT2D eigenvalue weighted by Gasteiger charge is -2.29. The lowest BCUT2D eigenvalue weighted by Crippen LogP contribution is -2.29. The Kier molecular flexibility index (Phi) is 4.30. The van der Waals surface area contributed by atoms with Gasteiger partial charge in [-0.15, -0.1) is 5.10 Å². The average molecular weight is 289 g/mol. The summed E-state index contributed by atoms with van der Waals surface area (Å²) in [4.78, 5) is 15.2. The van der Waals surface area contributed by atoms with Crippen LogP contribution in [0.3, 0.4) is 0 Å². The molecule has 2 rings (SSSR count). The molecule has 2 heterocycles. The highest BCUT2D eigenvalue weighted by Crippen LogP contribution is 2.33. The van der Waals surface area contributed by atoms with E-state index in [1.165, 1.54) is 0 Å². The lowest BCUT2D eigenvalue weighted by atomic mass is 9.84. The molecule has 1 atom stereocenters. The fraction of sp³-hybridized carbons (Fsp3) is 0.500. The number of pyridine rings is 1. The Balaban J connectivity index is 2.30. The number of hydrogen-bond acceptors (Lipinski definition) is 5. The molecule has 0 aliphatic rings. The zero-order valence-corrected chi connectivity index (χ0v) is 12.4. The minimum absolute atomic E-state index is 0.0193. The standard InChI is InChI=1S/C14H19N5O2/c1-14(2,3)11(8-13(20)21)19-12(16-17-18-19)7-10-5-4-6-15-9-10/h4-6,9,11H,7-8H2,1-3H3,(H,20,21). The Morgan fingerprint density at radius 1 is 1.43 bits per heavy atom. The first-order chi connectivity index (χ1) is 9.88. The smallest absolute Gasteiger partial charge is 0.305 e. The summed E-state index contributed by atoms with van der Waals surface area (Å²) in [5, 5.41) is 20.9. The van der Waals surface area contributed by atoms with Crippen LogP contribution in [0.4, 0.5) is 0 Å².